The van der Waals surface area contributed by atoms with Crippen molar-refractivity contribution >= 4 is 17.6 Å². The number of carbonyl (C=O) groups is 2. The summed E-state index contributed by atoms with van der Waals surface area (Å²) in [5, 5.41) is 9.09. The second-order valence-corrected chi connectivity index (χ2v) is 6.35. The van der Waals surface area contributed by atoms with Crippen molar-refractivity contribution in [2.24, 2.45) is 0 Å². The molecule has 1 saturated carbocycles. The molecule has 1 fully saturated rings. The number of hydrogen-bond acceptors (Lipinski definition) is 4. The summed E-state index contributed by atoms with van der Waals surface area (Å²) in [7, 11) is 0. The molecule has 2 amide bonds. The number of aromatic nitrogens is 3. The number of benzene rings is 1. The molecule has 4 rings (SSSR count). The second kappa shape index (κ2) is 7.18. The lowest BCUT2D eigenvalue weighted by atomic mass is 10.1. The largest absolute Gasteiger partial charge is 0.344 e. The zero-order valence-corrected chi connectivity index (χ0v) is 14.5. The zero-order valence-electron chi connectivity index (χ0n) is 14.5. The minimum Gasteiger partial charge on any atom is -0.344 e. The molecule has 2 N–H and O–H groups in total. The third-order valence-electron chi connectivity index (χ3n) is 4.48. The first-order chi connectivity index (χ1) is 13.5. The number of nitrogens with zero attached hydrogens (tertiary/aromatic N) is 3. The monoisotopic (exact) mass is 383 g/mol. The third kappa shape index (κ3) is 3.46. The molecule has 0 aliphatic heterocycles. The van der Waals surface area contributed by atoms with Gasteiger partial charge in [0, 0.05) is 36.0 Å². The minimum absolute atomic E-state index is 0.0658. The average Bonchev–Trinajstić information content (AvgIpc) is 3.26. The van der Waals surface area contributed by atoms with Crippen LogP contribution in [0, 0.1) is 11.6 Å². The average molecular weight is 383 g/mol. The van der Waals surface area contributed by atoms with Gasteiger partial charge < -0.3 is 10.6 Å². The van der Waals surface area contributed by atoms with Gasteiger partial charge in [-0.25, -0.2) is 13.5 Å². The third-order valence-corrected chi connectivity index (χ3v) is 4.48. The molecule has 3 aromatic rings. The van der Waals surface area contributed by atoms with Crippen LogP contribution in [0.2, 0.25) is 0 Å². The summed E-state index contributed by atoms with van der Waals surface area (Å²) in [6, 6.07) is 8.06. The van der Waals surface area contributed by atoms with Crippen molar-refractivity contribution in [3.8, 4) is 5.69 Å². The van der Waals surface area contributed by atoms with Crippen LogP contribution in [0.3, 0.4) is 0 Å². The van der Waals surface area contributed by atoms with Crippen molar-refractivity contribution in [1.82, 2.24) is 20.1 Å². The maximum Gasteiger partial charge on any atom is 0.314 e. The highest BCUT2D eigenvalue weighted by atomic mass is 19.1. The lowest BCUT2D eigenvalue weighted by Crippen LogP contribution is -2.37. The number of amides is 2. The second-order valence-electron chi connectivity index (χ2n) is 6.35. The predicted octanol–water partition coefficient (Wildman–Crippen LogP) is 2.16. The molecule has 0 bridgehead atoms. The molecule has 0 saturated heterocycles. The van der Waals surface area contributed by atoms with Gasteiger partial charge in [-0.1, -0.05) is 6.07 Å². The number of halogens is 2. The summed E-state index contributed by atoms with van der Waals surface area (Å²) in [6.45, 7) is 0. The van der Waals surface area contributed by atoms with E-state index in [1.54, 1.807) is 30.6 Å². The van der Waals surface area contributed by atoms with Gasteiger partial charge in [-0.15, -0.1) is 0 Å². The van der Waals surface area contributed by atoms with Crippen LogP contribution < -0.4 is 10.6 Å². The van der Waals surface area contributed by atoms with E-state index in [1.165, 1.54) is 29.1 Å². The summed E-state index contributed by atoms with van der Waals surface area (Å²) >= 11 is 0. The van der Waals surface area contributed by atoms with Crippen molar-refractivity contribution in [3.63, 3.8) is 0 Å². The summed E-state index contributed by atoms with van der Waals surface area (Å²) < 4.78 is 29.1. The van der Waals surface area contributed by atoms with Crippen LogP contribution in [-0.4, -0.2) is 32.6 Å². The topological polar surface area (TPSA) is 88.9 Å². The van der Waals surface area contributed by atoms with Gasteiger partial charge in [-0.2, -0.15) is 5.10 Å². The number of pyridine rings is 1. The van der Waals surface area contributed by atoms with E-state index >= 15 is 0 Å². The summed E-state index contributed by atoms with van der Waals surface area (Å²) in [4.78, 5) is 28.3. The van der Waals surface area contributed by atoms with Crippen molar-refractivity contribution in [2.75, 3.05) is 5.32 Å². The lowest BCUT2D eigenvalue weighted by molar-refractivity contribution is -0.136. The van der Waals surface area contributed by atoms with Gasteiger partial charge in [0.25, 0.3) is 0 Å². The Balaban J connectivity index is 1.40. The van der Waals surface area contributed by atoms with Crippen LogP contribution in [0.1, 0.15) is 17.9 Å². The van der Waals surface area contributed by atoms with E-state index in [9.17, 15) is 18.4 Å². The molecule has 28 heavy (non-hydrogen) atoms. The molecule has 0 unspecified atom stereocenters. The zero-order chi connectivity index (χ0) is 19.7. The van der Waals surface area contributed by atoms with E-state index in [-0.39, 0.29) is 5.56 Å². The van der Waals surface area contributed by atoms with Crippen LogP contribution in [0.15, 0.2) is 55.0 Å². The lowest BCUT2D eigenvalue weighted by Gasteiger charge is -2.09. The molecule has 7 nitrogen and oxygen atoms in total. The summed E-state index contributed by atoms with van der Waals surface area (Å²) in [5.74, 6) is -3.28. The quantitative estimate of drug-likeness (QED) is 0.676. The molecule has 1 aromatic carbocycles. The van der Waals surface area contributed by atoms with Gasteiger partial charge >= 0.3 is 11.8 Å². The Bertz CT molecular complexity index is 1020. The fraction of sp³-hybridized carbons (Fsp3) is 0.158. The van der Waals surface area contributed by atoms with E-state index in [0.29, 0.717) is 17.9 Å². The van der Waals surface area contributed by atoms with Gasteiger partial charge in [-0.3, -0.25) is 14.6 Å². The molecule has 2 aromatic heterocycles. The number of rotatable bonds is 4. The molecular formula is C19H15F2N5O2. The van der Waals surface area contributed by atoms with Gasteiger partial charge in [0.1, 0.15) is 17.5 Å². The van der Waals surface area contributed by atoms with Crippen molar-refractivity contribution in [1.29, 1.82) is 0 Å². The fourth-order valence-electron chi connectivity index (χ4n) is 3.03. The number of carbonyl (C=O) groups excluding carboxylic acids is 2. The molecule has 1 aliphatic carbocycles. The predicted molar refractivity (Wildman–Crippen MR) is 95.6 cm³/mol. The van der Waals surface area contributed by atoms with E-state index < -0.39 is 35.4 Å². The van der Waals surface area contributed by atoms with Crippen molar-refractivity contribution < 1.29 is 18.4 Å². The first-order valence-electron chi connectivity index (χ1n) is 8.55. The van der Waals surface area contributed by atoms with E-state index in [4.69, 9.17) is 0 Å². The van der Waals surface area contributed by atoms with Gasteiger partial charge in [0.15, 0.2) is 0 Å². The van der Waals surface area contributed by atoms with Crippen LogP contribution >= 0.6 is 0 Å². The van der Waals surface area contributed by atoms with Gasteiger partial charge in [-0.05, 0) is 30.7 Å². The Morgan fingerprint density at radius 1 is 1.00 bits per heavy atom. The fourth-order valence-corrected chi connectivity index (χ4v) is 3.03. The Morgan fingerprint density at radius 2 is 1.71 bits per heavy atom. The summed E-state index contributed by atoms with van der Waals surface area (Å²) in [6.07, 6.45) is 4.99. The number of anilines is 1. The maximum absolute atomic E-state index is 13.8. The Kier molecular flexibility index (Phi) is 4.56. The Labute approximate surface area is 158 Å². The highest BCUT2D eigenvalue weighted by molar-refractivity contribution is 6.39. The van der Waals surface area contributed by atoms with E-state index in [0.717, 1.165) is 0 Å². The summed E-state index contributed by atoms with van der Waals surface area (Å²) in [5.41, 5.74) is 0.594. The molecular weight excluding hydrogens is 368 g/mol. The minimum atomic E-state index is -0.893. The number of hydrogen-bond donors (Lipinski definition) is 2. The van der Waals surface area contributed by atoms with Crippen molar-refractivity contribution in [2.45, 2.75) is 18.4 Å². The van der Waals surface area contributed by atoms with Gasteiger partial charge in [0.2, 0.25) is 0 Å². The highest BCUT2D eigenvalue weighted by Crippen LogP contribution is 2.43. The standard InChI is InChI=1S/C19H15F2N5O2/c20-13-2-1-3-14(21)17(13)12-10-15(12)24-18(27)19(28)25-16-6-9-23-26(16)11-4-7-22-8-5-11/h1-9,12,15H,10H2,(H,24,27)(H,25,28)/t12-,15-/m1/s1. The SMILES string of the molecule is O=C(Nc1ccnn1-c1ccncc1)C(=O)N[C@@H]1C[C@H]1c1c(F)cccc1F. The smallest absolute Gasteiger partial charge is 0.314 e. The molecule has 0 radical (unpaired) electrons. The van der Waals surface area contributed by atoms with E-state index in [2.05, 4.69) is 20.7 Å². The van der Waals surface area contributed by atoms with Crippen molar-refractivity contribution in [3.05, 3.63) is 72.2 Å². The maximum atomic E-state index is 13.8. The van der Waals surface area contributed by atoms with E-state index in [1.807, 2.05) is 0 Å². The van der Waals surface area contributed by atoms with Crippen LogP contribution in [0.25, 0.3) is 5.69 Å². The first-order valence-corrected chi connectivity index (χ1v) is 8.55. The Morgan fingerprint density at radius 3 is 2.43 bits per heavy atom. The highest BCUT2D eigenvalue weighted by Gasteiger charge is 2.43. The van der Waals surface area contributed by atoms with Crippen LogP contribution in [-0.2, 0) is 9.59 Å². The number of nitrogens with one attached hydrogen (secondary N) is 2. The molecule has 1 aliphatic rings. The molecule has 0 spiro atoms. The first kappa shape index (κ1) is 17.8. The molecule has 2 atom stereocenters. The molecule has 9 heteroatoms. The normalized spacial score (nSPS) is 17.8. The van der Waals surface area contributed by atoms with Crippen LogP contribution in [0.5, 0.6) is 0 Å². The molecule has 2 heterocycles. The van der Waals surface area contributed by atoms with Gasteiger partial charge in [0.05, 0.1) is 11.9 Å². The Hall–Kier alpha value is -3.62. The van der Waals surface area contributed by atoms with Crippen LogP contribution in [0.4, 0.5) is 14.6 Å². The molecule has 142 valence electrons.